The lowest BCUT2D eigenvalue weighted by atomic mass is 9.95. The molecule has 0 saturated carbocycles. The molecule has 0 bridgehead atoms. The third kappa shape index (κ3) is 4.14. The Labute approximate surface area is 180 Å². The lowest BCUT2D eigenvalue weighted by molar-refractivity contribution is -0.195. The Kier molecular flexibility index (Phi) is 6.20. The minimum atomic E-state index is -1.32. The Morgan fingerprint density at radius 3 is 2.73 bits per heavy atom. The van der Waals surface area contributed by atoms with Crippen LogP contribution in [0.1, 0.15) is 23.4 Å². The van der Waals surface area contributed by atoms with Gasteiger partial charge in [0.25, 0.3) is 0 Å². The average molecular weight is 431 g/mol. The monoisotopic (exact) mass is 430 g/mol. The average Bonchev–Trinajstić information content (AvgIpc) is 3.19. The van der Waals surface area contributed by atoms with Crippen LogP contribution in [0.15, 0.2) is 60.9 Å². The van der Waals surface area contributed by atoms with E-state index in [1.54, 1.807) is 25.4 Å². The molecule has 1 aliphatic heterocycles. The zero-order valence-electron chi connectivity index (χ0n) is 16.9. The van der Waals surface area contributed by atoms with Crippen molar-refractivity contribution in [3.8, 4) is 5.69 Å². The first-order valence-electron chi connectivity index (χ1n) is 9.84. The molecule has 4 rings (SSSR count). The van der Waals surface area contributed by atoms with E-state index >= 15 is 0 Å². The second-order valence-corrected chi connectivity index (χ2v) is 7.87. The lowest BCUT2D eigenvalue weighted by Crippen LogP contribution is -2.51. The van der Waals surface area contributed by atoms with Gasteiger partial charge in [-0.05, 0) is 43.2 Å². The summed E-state index contributed by atoms with van der Waals surface area (Å²) in [4.78, 5) is 4.25. The quantitative estimate of drug-likeness (QED) is 0.530. The molecule has 2 heterocycles. The number of alkyl halides is 1. The summed E-state index contributed by atoms with van der Waals surface area (Å²) in [5.74, 6) is 0.545. The summed E-state index contributed by atoms with van der Waals surface area (Å²) in [5.41, 5.74) is 2.52. The molecule has 1 fully saturated rings. The van der Waals surface area contributed by atoms with Crippen LogP contribution in [-0.4, -0.2) is 35.5 Å². The molecule has 7 heteroatoms. The lowest BCUT2D eigenvalue weighted by Gasteiger charge is -2.43. The van der Waals surface area contributed by atoms with Crippen molar-refractivity contribution in [2.24, 2.45) is 0 Å². The molecule has 0 aliphatic carbocycles. The number of nitrogens with zero attached hydrogens (tertiary/aromatic N) is 2. The summed E-state index contributed by atoms with van der Waals surface area (Å²) in [6.07, 6.45) is 3.46. The largest absolute Gasteiger partial charge is 0.378 e. The number of hydrogen-bond acceptors (Lipinski definition) is 4. The second kappa shape index (κ2) is 8.86. The predicted octanol–water partition coefficient (Wildman–Crippen LogP) is 4.73. The highest BCUT2D eigenvalue weighted by Gasteiger charge is 2.48. The van der Waals surface area contributed by atoms with Crippen molar-refractivity contribution in [3.63, 3.8) is 0 Å². The highest BCUT2D eigenvalue weighted by atomic mass is 35.5. The Morgan fingerprint density at radius 1 is 1.27 bits per heavy atom. The van der Waals surface area contributed by atoms with Gasteiger partial charge in [-0.25, -0.2) is 9.37 Å². The van der Waals surface area contributed by atoms with E-state index in [2.05, 4.69) is 4.98 Å². The van der Waals surface area contributed by atoms with Crippen LogP contribution in [-0.2, 0) is 25.9 Å². The maximum atomic E-state index is 13.8. The summed E-state index contributed by atoms with van der Waals surface area (Å²) in [5, 5.41) is -1.32. The Morgan fingerprint density at radius 2 is 2.07 bits per heavy atom. The molecule has 158 valence electrons. The Bertz CT molecular complexity index is 994. The molecule has 5 nitrogen and oxygen atoms in total. The van der Waals surface area contributed by atoms with Crippen molar-refractivity contribution in [3.05, 3.63) is 83.7 Å². The van der Waals surface area contributed by atoms with Gasteiger partial charge in [-0.15, -0.1) is 0 Å². The first kappa shape index (κ1) is 21.0. The Balaban J connectivity index is 1.54. The van der Waals surface area contributed by atoms with Crippen molar-refractivity contribution in [2.45, 2.75) is 37.2 Å². The first-order valence-corrected chi connectivity index (χ1v) is 10.2. The molecular formula is C23H24ClFN2O3. The number of halogens is 2. The molecule has 3 unspecified atom stereocenters. The molecule has 0 amide bonds. The molecule has 0 spiro atoms. The molecule has 30 heavy (non-hydrogen) atoms. The normalized spacial score (nSPS) is 24.1. The van der Waals surface area contributed by atoms with E-state index in [-0.39, 0.29) is 11.9 Å². The summed E-state index contributed by atoms with van der Waals surface area (Å²) in [6.45, 7) is 2.68. The van der Waals surface area contributed by atoms with E-state index in [9.17, 15) is 4.39 Å². The highest BCUT2D eigenvalue weighted by molar-refractivity contribution is 6.23. The summed E-state index contributed by atoms with van der Waals surface area (Å²) in [6, 6.07) is 14.1. The van der Waals surface area contributed by atoms with E-state index in [4.69, 9.17) is 25.8 Å². The number of methoxy groups -OCH3 is 1. The first-order chi connectivity index (χ1) is 14.5. The second-order valence-electron chi connectivity index (χ2n) is 7.31. The van der Waals surface area contributed by atoms with Crippen molar-refractivity contribution >= 4 is 11.6 Å². The fourth-order valence-corrected chi connectivity index (χ4v) is 4.19. The summed E-state index contributed by atoms with van der Waals surface area (Å²) >= 11 is 6.88. The van der Waals surface area contributed by atoms with Crippen molar-refractivity contribution in [2.75, 3.05) is 13.7 Å². The van der Waals surface area contributed by atoms with Crippen molar-refractivity contribution in [1.82, 2.24) is 9.55 Å². The van der Waals surface area contributed by atoms with Crippen LogP contribution < -0.4 is 0 Å². The van der Waals surface area contributed by atoms with Gasteiger partial charge in [-0.3, -0.25) is 0 Å². The fraction of sp³-hybridized carbons (Fsp3) is 0.348. The van der Waals surface area contributed by atoms with E-state index in [1.807, 2.05) is 42.0 Å². The highest BCUT2D eigenvalue weighted by Crippen LogP contribution is 2.42. The third-order valence-electron chi connectivity index (χ3n) is 5.41. The van der Waals surface area contributed by atoms with E-state index in [0.717, 1.165) is 17.1 Å². The Hall–Kier alpha value is -2.25. The molecule has 1 aromatic heterocycles. The molecule has 3 aromatic rings. The fourth-order valence-electron chi connectivity index (χ4n) is 3.79. The number of hydrogen-bond donors (Lipinski definition) is 0. The molecule has 0 N–H and O–H groups in total. The van der Waals surface area contributed by atoms with Crippen LogP contribution in [0, 0.1) is 12.7 Å². The number of imidazole rings is 1. The van der Waals surface area contributed by atoms with Gasteiger partial charge >= 0.3 is 0 Å². The van der Waals surface area contributed by atoms with Crippen LogP contribution in [0.4, 0.5) is 4.39 Å². The number of benzene rings is 2. The minimum Gasteiger partial charge on any atom is -0.378 e. The zero-order chi connectivity index (χ0) is 21.1. The molecule has 3 atom stereocenters. The maximum absolute atomic E-state index is 13.8. The van der Waals surface area contributed by atoms with Gasteiger partial charge in [0, 0.05) is 30.8 Å². The summed E-state index contributed by atoms with van der Waals surface area (Å²) in [7, 11) is 1.62. The maximum Gasteiger partial charge on any atom is 0.195 e. The molecule has 1 saturated heterocycles. The SMILES string of the molecule is COC1CCOC(Cl)(c2cccc(F)c2)C1OCc1ccc(-n2ccnc2C)cc1. The number of rotatable bonds is 6. The number of aryl methyl sites for hydroxylation is 1. The third-order valence-corrected chi connectivity index (χ3v) is 5.95. The van der Waals surface area contributed by atoms with Crippen molar-refractivity contribution in [1.29, 1.82) is 0 Å². The van der Waals surface area contributed by atoms with Crippen LogP contribution in [0.5, 0.6) is 0 Å². The van der Waals surface area contributed by atoms with Gasteiger partial charge in [-0.1, -0.05) is 35.9 Å². The van der Waals surface area contributed by atoms with Crippen LogP contribution in [0.2, 0.25) is 0 Å². The van der Waals surface area contributed by atoms with E-state index < -0.39 is 11.2 Å². The van der Waals surface area contributed by atoms with E-state index in [1.165, 1.54) is 12.1 Å². The van der Waals surface area contributed by atoms with Gasteiger partial charge in [0.1, 0.15) is 17.7 Å². The zero-order valence-corrected chi connectivity index (χ0v) is 17.7. The molecule has 1 aliphatic rings. The number of ether oxygens (including phenoxy) is 3. The predicted molar refractivity (Wildman–Crippen MR) is 112 cm³/mol. The van der Waals surface area contributed by atoms with Crippen LogP contribution in [0.3, 0.4) is 0 Å². The van der Waals surface area contributed by atoms with Crippen LogP contribution in [0.25, 0.3) is 5.69 Å². The van der Waals surface area contributed by atoms with Gasteiger partial charge in [0.15, 0.2) is 5.06 Å². The molecule has 2 aromatic carbocycles. The standard InChI is InChI=1S/C23H24ClFN2O3/c1-16-26-11-12-27(16)20-8-6-17(7-9-20)15-29-22-21(28-2)10-13-30-23(22,24)18-4-3-5-19(25)14-18/h3-9,11-12,14,21-22H,10,13,15H2,1-2H3. The van der Waals surface area contributed by atoms with Gasteiger partial charge < -0.3 is 18.8 Å². The number of aromatic nitrogens is 2. The van der Waals surface area contributed by atoms with E-state index in [0.29, 0.717) is 25.2 Å². The molecular weight excluding hydrogens is 407 g/mol. The summed E-state index contributed by atoms with van der Waals surface area (Å²) < 4.78 is 33.6. The van der Waals surface area contributed by atoms with Crippen molar-refractivity contribution < 1.29 is 18.6 Å². The van der Waals surface area contributed by atoms with Gasteiger partial charge in [0.05, 0.1) is 19.3 Å². The van der Waals surface area contributed by atoms with Crippen LogP contribution >= 0.6 is 11.6 Å². The smallest absolute Gasteiger partial charge is 0.195 e. The van der Waals surface area contributed by atoms with Gasteiger partial charge in [-0.2, -0.15) is 0 Å². The topological polar surface area (TPSA) is 45.5 Å². The molecule has 0 radical (unpaired) electrons. The van der Waals surface area contributed by atoms with Gasteiger partial charge in [0.2, 0.25) is 0 Å². The minimum absolute atomic E-state index is 0.271.